The van der Waals surface area contributed by atoms with Crippen LogP contribution in [0.15, 0.2) is 0 Å². The van der Waals surface area contributed by atoms with E-state index in [4.69, 9.17) is 11.6 Å². The standard InChI is InChI=1S/C11H17ClF3N3O/c1-3-18-9(10(12)8(2)17-18)6-16-4-5-19-7-11(13,14)15/h16H,3-7H2,1-2H3. The van der Waals surface area contributed by atoms with E-state index in [1.807, 2.05) is 13.8 Å². The van der Waals surface area contributed by atoms with Gasteiger partial charge in [0.25, 0.3) is 0 Å². The molecule has 0 atom stereocenters. The number of nitrogens with zero attached hydrogens (tertiary/aromatic N) is 2. The van der Waals surface area contributed by atoms with Crippen LogP contribution in [-0.2, 0) is 17.8 Å². The van der Waals surface area contributed by atoms with Gasteiger partial charge in [-0.2, -0.15) is 18.3 Å². The number of alkyl halides is 3. The molecule has 1 aromatic rings. The maximum atomic E-state index is 11.8. The minimum Gasteiger partial charge on any atom is -0.371 e. The van der Waals surface area contributed by atoms with Crippen LogP contribution in [0.5, 0.6) is 0 Å². The normalized spacial score (nSPS) is 12.1. The molecule has 0 saturated heterocycles. The van der Waals surface area contributed by atoms with Crippen LogP contribution in [0.1, 0.15) is 18.3 Å². The van der Waals surface area contributed by atoms with Gasteiger partial charge in [0.05, 0.1) is 23.0 Å². The molecule has 0 aliphatic carbocycles. The largest absolute Gasteiger partial charge is 0.411 e. The van der Waals surface area contributed by atoms with Gasteiger partial charge in [-0.3, -0.25) is 4.68 Å². The van der Waals surface area contributed by atoms with Crippen molar-refractivity contribution in [1.82, 2.24) is 15.1 Å². The Morgan fingerprint density at radius 2 is 2.11 bits per heavy atom. The molecule has 0 amide bonds. The van der Waals surface area contributed by atoms with Crippen molar-refractivity contribution in [3.63, 3.8) is 0 Å². The lowest BCUT2D eigenvalue weighted by Crippen LogP contribution is -2.24. The van der Waals surface area contributed by atoms with Gasteiger partial charge in [0.15, 0.2) is 0 Å². The second kappa shape index (κ2) is 7.12. The zero-order valence-electron chi connectivity index (χ0n) is 10.9. The van der Waals surface area contributed by atoms with Crippen molar-refractivity contribution in [2.45, 2.75) is 33.1 Å². The number of aryl methyl sites for hydroxylation is 2. The highest BCUT2D eigenvalue weighted by atomic mass is 35.5. The summed E-state index contributed by atoms with van der Waals surface area (Å²) in [5, 5.41) is 7.81. The zero-order valence-corrected chi connectivity index (χ0v) is 11.6. The molecule has 0 saturated carbocycles. The third-order valence-corrected chi connectivity index (χ3v) is 2.93. The zero-order chi connectivity index (χ0) is 14.5. The monoisotopic (exact) mass is 299 g/mol. The third-order valence-electron chi connectivity index (χ3n) is 2.43. The number of ether oxygens (including phenoxy) is 1. The fraction of sp³-hybridized carbons (Fsp3) is 0.727. The Hall–Kier alpha value is -0.790. The number of nitrogens with one attached hydrogen (secondary N) is 1. The lowest BCUT2D eigenvalue weighted by atomic mass is 10.3. The molecule has 1 N–H and O–H groups in total. The summed E-state index contributed by atoms with van der Waals surface area (Å²) in [6.07, 6.45) is -4.28. The van der Waals surface area contributed by atoms with Gasteiger partial charge < -0.3 is 10.1 Å². The maximum Gasteiger partial charge on any atom is 0.411 e. The van der Waals surface area contributed by atoms with Crippen molar-refractivity contribution in [3.05, 3.63) is 16.4 Å². The van der Waals surface area contributed by atoms with E-state index in [1.165, 1.54) is 0 Å². The summed E-state index contributed by atoms with van der Waals surface area (Å²) >= 11 is 6.09. The molecule has 0 bridgehead atoms. The summed E-state index contributed by atoms with van der Waals surface area (Å²) in [5.41, 5.74) is 1.58. The number of halogens is 4. The van der Waals surface area contributed by atoms with E-state index < -0.39 is 12.8 Å². The van der Waals surface area contributed by atoms with Gasteiger partial charge in [-0.15, -0.1) is 0 Å². The molecule has 1 aromatic heterocycles. The van der Waals surface area contributed by atoms with Gasteiger partial charge in [0, 0.05) is 19.6 Å². The van der Waals surface area contributed by atoms with E-state index in [0.29, 0.717) is 24.7 Å². The van der Waals surface area contributed by atoms with Crippen LogP contribution >= 0.6 is 11.6 Å². The number of hydrogen-bond donors (Lipinski definition) is 1. The Morgan fingerprint density at radius 3 is 2.68 bits per heavy atom. The summed E-state index contributed by atoms with van der Waals surface area (Å²) in [6.45, 7) is 3.99. The molecular weight excluding hydrogens is 283 g/mol. The van der Waals surface area contributed by atoms with Crippen LogP contribution < -0.4 is 5.32 Å². The first-order valence-electron chi connectivity index (χ1n) is 5.92. The third kappa shape index (κ3) is 5.38. The van der Waals surface area contributed by atoms with Crippen molar-refractivity contribution in [2.75, 3.05) is 19.8 Å². The van der Waals surface area contributed by atoms with Crippen LogP contribution in [0, 0.1) is 6.92 Å². The molecule has 0 radical (unpaired) electrons. The molecular formula is C11H17ClF3N3O. The molecule has 0 unspecified atom stereocenters. The van der Waals surface area contributed by atoms with Gasteiger partial charge in [-0.1, -0.05) is 11.6 Å². The van der Waals surface area contributed by atoms with Crippen molar-refractivity contribution in [3.8, 4) is 0 Å². The van der Waals surface area contributed by atoms with Crippen LogP contribution in [0.3, 0.4) is 0 Å². The first-order valence-corrected chi connectivity index (χ1v) is 6.30. The van der Waals surface area contributed by atoms with Crippen molar-refractivity contribution >= 4 is 11.6 Å². The van der Waals surface area contributed by atoms with Gasteiger partial charge in [-0.25, -0.2) is 0 Å². The van der Waals surface area contributed by atoms with Gasteiger partial charge in [0.2, 0.25) is 0 Å². The summed E-state index contributed by atoms with van der Waals surface area (Å²) in [5.74, 6) is 0. The smallest absolute Gasteiger partial charge is 0.371 e. The van der Waals surface area contributed by atoms with Crippen LogP contribution in [0.4, 0.5) is 13.2 Å². The Balaban J connectivity index is 2.30. The minimum absolute atomic E-state index is 0.00360. The Bertz CT molecular complexity index is 407. The van der Waals surface area contributed by atoms with E-state index in [-0.39, 0.29) is 6.61 Å². The van der Waals surface area contributed by atoms with Crippen molar-refractivity contribution in [1.29, 1.82) is 0 Å². The second-order valence-corrected chi connectivity index (χ2v) is 4.38. The first kappa shape index (κ1) is 16.3. The van der Waals surface area contributed by atoms with Gasteiger partial charge in [0.1, 0.15) is 6.61 Å². The number of rotatable bonds is 7. The quantitative estimate of drug-likeness (QED) is 0.787. The number of hydrogen-bond acceptors (Lipinski definition) is 3. The molecule has 8 heteroatoms. The lowest BCUT2D eigenvalue weighted by molar-refractivity contribution is -0.173. The molecule has 0 aromatic carbocycles. The molecule has 4 nitrogen and oxygen atoms in total. The molecule has 0 aliphatic heterocycles. The summed E-state index contributed by atoms with van der Waals surface area (Å²) in [7, 11) is 0. The fourth-order valence-electron chi connectivity index (χ4n) is 1.58. The molecule has 19 heavy (non-hydrogen) atoms. The average molecular weight is 300 g/mol. The van der Waals surface area contributed by atoms with E-state index >= 15 is 0 Å². The molecule has 1 heterocycles. The fourth-order valence-corrected chi connectivity index (χ4v) is 1.78. The SMILES string of the molecule is CCn1nc(C)c(Cl)c1CNCCOCC(F)(F)F. The molecule has 110 valence electrons. The summed E-state index contributed by atoms with van der Waals surface area (Å²) in [6, 6.07) is 0. The maximum absolute atomic E-state index is 11.8. The van der Waals surface area contributed by atoms with Crippen LogP contribution in [0.2, 0.25) is 5.02 Å². The first-order chi connectivity index (χ1) is 8.85. The molecule has 0 fully saturated rings. The van der Waals surface area contributed by atoms with E-state index in [9.17, 15) is 13.2 Å². The summed E-state index contributed by atoms with van der Waals surface area (Å²) < 4.78 is 41.7. The lowest BCUT2D eigenvalue weighted by Gasteiger charge is -2.09. The van der Waals surface area contributed by atoms with Crippen LogP contribution in [-0.4, -0.2) is 35.7 Å². The molecule has 1 rings (SSSR count). The molecule has 0 aliphatic rings. The highest BCUT2D eigenvalue weighted by Crippen LogP contribution is 2.19. The van der Waals surface area contributed by atoms with Gasteiger partial charge >= 0.3 is 6.18 Å². The number of aromatic nitrogens is 2. The summed E-state index contributed by atoms with van der Waals surface area (Å²) in [4.78, 5) is 0. The van der Waals surface area contributed by atoms with Crippen LogP contribution in [0.25, 0.3) is 0 Å². The predicted octanol–water partition coefficient (Wildman–Crippen LogP) is 2.53. The minimum atomic E-state index is -4.28. The van der Waals surface area contributed by atoms with Gasteiger partial charge in [-0.05, 0) is 13.8 Å². The Kier molecular flexibility index (Phi) is 6.09. The van der Waals surface area contributed by atoms with Crippen molar-refractivity contribution < 1.29 is 17.9 Å². The van der Waals surface area contributed by atoms with E-state index in [2.05, 4.69) is 15.2 Å². The predicted molar refractivity (Wildman–Crippen MR) is 66.2 cm³/mol. The topological polar surface area (TPSA) is 39.1 Å². The second-order valence-electron chi connectivity index (χ2n) is 4.01. The molecule has 0 spiro atoms. The van der Waals surface area contributed by atoms with E-state index in [1.54, 1.807) is 4.68 Å². The van der Waals surface area contributed by atoms with Crippen molar-refractivity contribution in [2.24, 2.45) is 0 Å². The van der Waals surface area contributed by atoms with E-state index in [0.717, 1.165) is 11.4 Å². The Labute approximate surface area is 114 Å². The highest BCUT2D eigenvalue weighted by molar-refractivity contribution is 6.31. The Morgan fingerprint density at radius 1 is 1.42 bits per heavy atom. The highest BCUT2D eigenvalue weighted by Gasteiger charge is 2.27. The average Bonchev–Trinajstić information content (AvgIpc) is 2.59.